The normalized spacial score (nSPS) is 19.9. The summed E-state index contributed by atoms with van der Waals surface area (Å²) >= 11 is 0. The summed E-state index contributed by atoms with van der Waals surface area (Å²) in [6.07, 6.45) is 7.36. The van der Waals surface area contributed by atoms with Crippen LogP contribution in [0.3, 0.4) is 0 Å². The third kappa shape index (κ3) is 5.40. The van der Waals surface area contributed by atoms with Crippen LogP contribution >= 0.6 is 0 Å². The molecule has 1 saturated carbocycles. The minimum atomic E-state index is -0.155. The summed E-state index contributed by atoms with van der Waals surface area (Å²) in [5, 5.41) is 2.93. The van der Waals surface area contributed by atoms with Crippen molar-refractivity contribution in [1.82, 2.24) is 9.80 Å². The van der Waals surface area contributed by atoms with Crippen LogP contribution in [-0.2, 0) is 4.79 Å². The zero-order chi connectivity index (χ0) is 19.9. The van der Waals surface area contributed by atoms with Gasteiger partial charge in [0.25, 0.3) is 0 Å². The molecule has 2 fully saturated rings. The van der Waals surface area contributed by atoms with Gasteiger partial charge in [-0.05, 0) is 31.4 Å². The van der Waals surface area contributed by atoms with E-state index in [1.807, 2.05) is 24.3 Å². The van der Waals surface area contributed by atoms with E-state index in [2.05, 4.69) is 17.1 Å². The molecule has 2 aliphatic rings. The minimum Gasteiger partial charge on any atom is -0.494 e. The molecule has 1 aromatic rings. The van der Waals surface area contributed by atoms with Crippen LogP contribution in [0.25, 0.3) is 0 Å². The van der Waals surface area contributed by atoms with E-state index < -0.39 is 0 Å². The Kier molecular flexibility index (Phi) is 7.18. The van der Waals surface area contributed by atoms with E-state index in [1.54, 1.807) is 11.9 Å². The van der Waals surface area contributed by atoms with Gasteiger partial charge in [-0.15, -0.1) is 0 Å². The largest absolute Gasteiger partial charge is 0.494 e. The summed E-state index contributed by atoms with van der Waals surface area (Å²) in [5.74, 6) is 1.23. The van der Waals surface area contributed by atoms with E-state index in [9.17, 15) is 9.59 Å². The summed E-state index contributed by atoms with van der Waals surface area (Å²) < 4.78 is 5.70. The molecule has 1 aliphatic heterocycles. The quantitative estimate of drug-likeness (QED) is 0.683. The maximum absolute atomic E-state index is 12.6. The molecule has 3 amide bonds. The van der Waals surface area contributed by atoms with Gasteiger partial charge in [0.05, 0.1) is 6.61 Å². The molecule has 154 valence electrons. The van der Waals surface area contributed by atoms with E-state index in [1.165, 1.54) is 12.8 Å². The minimum absolute atomic E-state index is 0.155. The standard InChI is InChI=1S/C22H33N3O3/c1-3-4-12-28-20-11-7-8-18(14-20)23-22(27)24(2)15-17-13-21(26)25(16-17)19-9-5-6-10-19/h7-8,11,14,17,19H,3-6,9-10,12-13,15-16H2,1-2H3,(H,23,27). The van der Waals surface area contributed by atoms with Crippen molar-refractivity contribution in [2.24, 2.45) is 5.92 Å². The smallest absolute Gasteiger partial charge is 0.321 e. The first kappa shape index (κ1) is 20.5. The Hall–Kier alpha value is -2.24. The second-order valence-electron chi connectivity index (χ2n) is 8.10. The Labute approximate surface area is 168 Å². The lowest BCUT2D eigenvalue weighted by molar-refractivity contribution is -0.129. The van der Waals surface area contributed by atoms with Crippen molar-refractivity contribution in [3.63, 3.8) is 0 Å². The van der Waals surface area contributed by atoms with Gasteiger partial charge >= 0.3 is 6.03 Å². The molecule has 1 heterocycles. The fourth-order valence-corrected chi connectivity index (χ4v) is 4.19. The molecule has 28 heavy (non-hydrogen) atoms. The van der Waals surface area contributed by atoms with Crippen LogP contribution in [0.1, 0.15) is 51.9 Å². The molecule has 6 nitrogen and oxygen atoms in total. The number of carbonyl (C=O) groups is 2. The van der Waals surface area contributed by atoms with Gasteiger partial charge in [-0.2, -0.15) is 0 Å². The van der Waals surface area contributed by atoms with Gasteiger partial charge < -0.3 is 19.9 Å². The van der Waals surface area contributed by atoms with Crippen molar-refractivity contribution >= 4 is 17.6 Å². The summed E-state index contributed by atoms with van der Waals surface area (Å²) in [6.45, 7) is 4.18. The molecule has 1 atom stereocenters. The monoisotopic (exact) mass is 387 g/mol. The average Bonchev–Trinajstić information content (AvgIpc) is 3.32. The van der Waals surface area contributed by atoms with Gasteiger partial charge in [0.1, 0.15) is 5.75 Å². The third-order valence-electron chi connectivity index (χ3n) is 5.73. The predicted octanol–water partition coefficient (Wildman–Crippen LogP) is 4.12. The highest BCUT2D eigenvalue weighted by atomic mass is 16.5. The van der Waals surface area contributed by atoms with Crippen LogP contribution in [0.5, 0.6) is 5.75 Å². The average molecular weight is 388 g/mol. The van der Waals surface area contributed by atoms with E-state index in [4.69, 9.17) is 4.74 Å². The number of unbranched alkanes of at least 4 members (excludes halogenated alkanes) is 1. The Morgan fingerprint density at radius 2 is 2.11 bits per heavy atom. The summed E-state index contributed by atoms with van der Waals surface area (Å²) in [6, 6.07) is 7.76. The SMILES string of the molecule is CCCCOc1cccc(NC(=O)N(C)CC2CC(=O)N(C3CCCC3)C2)c1. The summed E-state index contributed by atoms with van der Waals surface area (Å²) in [4.78, 5) is 28.7. The number of hydrogen-bond acceptors (Lipinski definition) is 3. The van der Waals surface area contributed by atoms with Crippen molar-refractivity contribution in [1.29, 1.82) is 0 Å². The van der Waals surface area contributed by atoms with Crippen LogP contribution in [-0.4, -0.2) is 54.5 Å². The number of carbonyl (C=O) groups excluding carboxylic acids is 2. The van der Waals surface area contributed by atoms with Crippen molar-refractivity contribution < 1.29 is 14.3 Å². The first-order valence-electron chi connectivity index (χ1n) is 10.6. The van der Waals surface area contributed by atoms with Crippen molar-refractivity contribution in [3.05, 3.63) is 24.3 Å². The van der Waals surface area contributed by atoms with Crippen LogP contribution in [0, 0.1) is 5.92 Å². The number of benzene rings is 1. The molecule has 3 rings (SSSR count). The first-order chi connectivity index (χ1) is 13.6. The lowest BCUT2D eigenvalue weighted by atomic mass is 10.1. The van der Waals surface area contributed by atoms with E-state index in [0.29, 0.717) is 25.6 Å². The molecule has 1 aliphatic carbocycles. The molecule has 0 radical (unpaired) electrons. The number of likely N-dealkylation sites (tertiary alicyclic amines) is 1. The number of rotatable bonds is 8. The van der Waals surface area contributed by atoms with Gasteiger partial charge in [-0.1, -0.05) is 32.3 Å². The Balaban J connectivity index is 1.48. The Bertz CT molecular complexity index is 673. The molecule has 6 heteroatoms. The number of urea groups is 1. The topological polar surface area (TPSA) is 61.9 Å². The number of nitrogens with zero attached hydrogens (tertiary/aromatic N) is 2. The highest BCUT2D eigenvalue weighted by Crippen LogP contribution is 2.29. The lowest BCUT2D eigenvalue weighted by Crippen LogP contribution is -2.37. The third-order valence-corrected chi connectivity index (χ3v) is 5.73. The van der Waals surface area contributed by atoms with Crippen LogP contribution in [0.4, 0.5) is 10.5 Å². The van der Waals surface area contributed by atoms with Crippen molar-refractivity contribution in [3.8, 4) is 5.75 Å². The van der Waals surface area contributed by atoms with E-state index in [0.717, 1.165) is 43.7 Å². The number of ether oxygens (including phenoxy) is 1. The maximum Gasteiger partial charge on any atom is 0.321 e. The van der Waals surface area contributed by atoms with E-state index in [-0.39, 0.29) is 17.9 Å². The van der Waals surface area contributed by atoms with Crippen LogP contribution < -0.4 is 10.1 Å². The number of amides is 3. The van der Waals surface area contributed by atoms with Crippen molar-refractivity contribution in [2.75, 3.05) is 32.1 Å². The highest BCUT2D eigenvalue weighted by molar-refractivity contribution is 5.89. The fourth-order valence-electron chi connectivity index (χ4n) is 4.19. The molecule has 0 spiro atoms. The van der Waals surface area contributed by atoms with Gasteiger partial charge in [0.15, 0.2) is 0 Å². The van der Waals surface area contributed by atoms with Gasteiger partial charge in [0, 0.05) is 50.3 Å². The molecule has 0 aromatic heterocycles. The number of anilines is 1. The zero-order valence-corrected chi connectivity index (χ0v) is 17.2. The van der Waals surface area contributed by atoms with Crippen LogP contribution in [0.15, 0.2) is 24.3 Å². The summed E-state index contributed by atoms with van der Waals surface area (Å²) in [7, 11) is 1.79. The second kappa shape index (κ2) is 9.80. The second-order valence-corrected chi connectivity index (χ2v) is 8.10. The first-order valence-corrected chi connectivity index (χ1v) is 10.6. The van der Waals surface area contributed by atoms with Gasteiger partial charge in [-0.3, -0.25) is 4.79 Å². The Morgan fingerprint density at radius 3 is 2.86 bits per heavy atom. The maximum atomic E-state index is 12.6. The number of hydrogen-bond donors (Lipinski definition) is 1. The highest BCUT2D eigenvalue weighted by Gasteiger charge is 2.36. The predicted molar refractivity (Wildman–Crippen MR) is 111 cm³/mol. The molecule has 1 aromatic carbocycles. The molecular weight excluding hydrogens is 354 g/mol. The molecule has 1 saturated heterocycles. The van der Waals surface area contributed by atoms with Gasteiger partial charge in [-0.25, -0.2) is 4.79 Å². The van der Waals surface area contributed by atoms with Crippen LogP contribution in [0.2, 0.25) is 0 Å². The molecule has 1 N–H and O–H groups in total. The van der Waals surface area contributed by atoms with E-state index >= 15 is 0 Å². The fraction of sp³-hybridized carbons (Fsp3) is 0.636. The Morgan fingerprint density at radius 1 is 1.32 bits per heavy atom. The van der Waals surface area contributed by atoms with Gasteiger partial charge in [0.2, 0.25) is 5.91 Å². The van der Waals surface area contributed by atoms with Crippen molar-refractivity contribution in [2.45, 2.75) is 57.9 Å². The molecule has 1 unspecified atom stereocenters. The zero-order valence-electron chi connectivity index (χ0n) is 17.2. The summed E-state index contributed by atoms with van der Waals surface area (Å²) in [5.41, 5.74) is 0.723. The molecular formula is C22H33N3O3. The lowest BCUT2D eigenvalue weighted by Gasteiger charge is -2.25. The number of nitrogens with one attached hydrogen (secondary N) is 1. The molecule has 0 bridgehead atoms.